The van der Waals surface area contributed by atoms with Crippen LogP contribution >= 0.6 is 0 Å². The number of rotatable bonds is 4. The van der Waals surface area contributed by atoms with Crippen molar-refractivity contribution in [3.05, 3.63) is 24.0 Å². The number of anilines is 2. The normalized spacial score (nSPS) is 19.8. The van der Waals surface area contributed by atoms with Crippen LogP contribution in [0, 0.1) is 17.7 Å². The van der Waals surface area contributed by atoms with Gasteiger partial charge in [-0.15, -0.1) is 0 Å². The second-order valence-electron chi connectivity index (χ2n) is 6.68. The zero-order chi connectivity index (χ0) is 18.4. The van der Waals surface area contributed by atoms with Crippen LogP contribution in [0.5, 0.6) is 0 Å². The molecule has 2 atom stereocenters. The van der Waals surface area contributed by atoms with Crippen LogP contribution in [-0.2, 0) is 14.4 Å². The Bertz CT molecular complexity index is 663. The lowest BCUT2D eigenvalue weighted by atomic mass is 9.82. The molecule has 0 heterocycles. The van der Waals surface area contributed by atoms with E-state index in [0.717, 1.165) is 25.3 Å². The Labute approximate surface area is 146 Å². The summed E-state index contributed by atoms with van der Waals surface area (Å²) in [7, 11) is 0. The smallest absolute Gasteiger partial charge is 0.313 e. The van der Waals surface area contributed by atoms with Crippen molar-refractivity contribution in [3.63, 3.8) is 0 Å². The van der Waals surface area contributed by atoms with Gasteiger partial charge in [-0.05, 0) is 42.9 Å². The number of amides is 3. The lowest BCUT2D eigenvalue weighted by Crippen LogP contribution is -2.39. The van der Waals surface area contributed by atoms with E-state index in [9.17, 15) is 18.8 Å². The van der Waals surface area contributed by atoms with E-state index in [4.69, 9.17) is 0 Å². The number of benzene rings is 1. The van der Waals surface area contributed by atoms with Gasteiger partial charge in [0.05, 0.1) is 5.69 Å². The van der Waals surface area contributed by atoms with Crippen molar-refractivity contribution in [2.75, 3.05) is 17.2 Å². The van der Waals surface area contributed by atoms with Gasteiger partial charge in [0.15, 0.2) is 0 Å². The molecule has 3 amide bonds. The average molecular weight is 349 g/mol. The Hall–Kier alpha value is -2.44. The Morgan fingerprint density at radius 1 is 1.16 bits per heavy atom. The second kappa shape index (κ2) is 8.60. The molecule has 136 valence electrons. The van der Waals surface area contributed by atoms with Crippen LogP contribution in [0.2, 0.25) is 0 Å². The predicted octanol–water partition coefficient (Wildman–Crippen LogP) is 2.67. The molecule has 1 saturated carbocycles. The molecule has 25 heavy (non-hydrogen) atoms. The average Bonchev–Trinajstić information content (AvgIpc) is 2.55. The molecule has 0 saturated heterocycles. The molecule has 0 aliphatic heterocycles. The molecule has 6 nitrogen and oxygen atoms in total. The van der Waals surface area contributed by atoms with Gasteiger partial charge in [-0.2, -0.15) is 0 Å². The van der Waals surface area contributed by atoms with Crippen LogP contribution < -0.4 is 16.0 Å². The highest BCUT2D eigenvalue weighted by Crippen LogP contribution is 2.27. The maximum Gasteiger partial charge on any atom is 0.313 e. The standard InChI is InChI=1S/C18H24FN3O3/c1-11-4-3-5-13(8-11)10-20-17(24)18(25)22-16-9-14(21-12(2)23)6-7-15(16)19/h6-7,9,11,13H,3-5,8,10H2,1-2H3,(H,20,24)(H,21,23)(H,22,25). The molecule has 1 aromatic rings. The Balaban J connectivity index is 1.90. The molecule has 2 unspecified atom stereocenters. The minimum Gasteiger partial charge on any atom is -0.348 e. The van der Waals surface area contributed by atoms with Gasteiger partial charge in [0, 0.05) is 19.2 Å². The van der Waals surface area contributed by atoms with Gasteiger partial charge in [-0.25, -0.2) is 4.39 Å². The van der Waals surface area contributed by atoms with E-state index in [-0.39, 0.29) is 11.6 Å². The molecule has 1 aromatic carbocycles. The van der Waals surface area contributed by atoms with Crippen molar-refractivity contribution >= 4 is 29.1 Å². The van der Waals surface area contributed by atoms with E-state index in [1.807, 2.05) is 0 Å². The lowest BCUT2D eigenvalue weighted by molar-refractivity contribution is -0.136. The molecule has 0 bridgehead atoms. The summed E-state index contributed by atoms with van der Waals surface area (Å²) in [5.74, 6) is -1.71. The van der Waals surface area contributed by atoms with Crippen LogP contribution in [0.4, 0.5) is 15.8 Å². The fourth-order valence-corrected chi connectivity index (χ4v) is 3.14. The van der Waals surface area contributed by atoms with Crippen LogP contribution in [0.15, 0.2) is 18.2 Å². The molecular weight excluding hydrogens is 325 g/mol. The third kappa shape index (κ3) is 5.85. The summed E-state index contributed by atoms with van der Waals surface area (Å²) in [6.07, 6.45) is 4.42. The molecule has 3 N–H and O–H groups in total. The first-order valence-corrected chi connectivity index (χ1v) is 8.51. The Kier molecular flexibility index (Phi) is 6.50. The highest BCUT2D eigenvalue weighted by atomic mass is 19.1. The molecule has 0 aromatic heterocycles. The van der Waals surface area contributed by atoms with Gasteiger partial charge >= 0.3 is 11.8 Å². The van der Waals surface area contributed by atoms with Gasteiger partial charge in [-0.3, -0.25) is 14.4 Å². The van der Waals surface area contributed by atoms with Crippen LogP contribution in [0.1, 0.15) is 39.5 Å². The van der Waals surface area contributed by atoms with E-state index in [2.05, 4.69) is 22.9 Å². The highest BCUT2D eigenvalue weighted by molar-refractivity contribution is 6.39. The molecular formula is C18H24FN3O3. The number of hydrogen-bond donors (Lipinski definition) is 3. The molecule has 0 radical (unpaired) electrons. The highest BCUT2D eigenvalue weighted by Gasteiger charge is 2.21. The monoisotopic (exact) mass is 349 g/mol. The third-order valence-corrected chi connectivity index (χ3v) is 4.34. The first kappa shape index (κ1) is 18.9. The van der Waals surface area contributed by atoms with E-state index < -0.39 is 17.6 Å². The number of carbonyl (C=O) groups is 3. The fraction of sp³-hybridized carbons (Fsp3) is 0.500. The minimum absolute atomic E-state index is 0.155. The summed E-state index contributed by atoms with van der Waals surface area (Å²) < 4.78 is 13.8. The van der Waals surface area contributed by atoms with Crippen LogP contribution in [0.25, 0.3) is 0 Å². The number of nitrogens with one attached hydrogen (secondary N) is 3. The predicted molar refractivity (Wildman–Crippen MR) is 93.5 cm³/mol. The van der Waals surface area contributed by atoms with Gasteiger partial charge < -0.3 is 16.0 Å². The Morgan fingerprint density at radius 3 is 2.60 bits per heavy atom. The van der Waals surface area contributed by atoms with Gasteiger partial charge in [0.1, 0.15) is 5.82 Å². The van der Waals surface area contributed by atoms with Crippen molar-refractivity contribution in [1.29, 1.82) is 0 Å². The maximum absolute atomic E-state index is 13.8. The van der Waals surface area contributed by atoms with Gasteiger partial charge in [0.2, 0.25) is 5.91 Å². The largest absolute Gasteiger partial charge is 0.348 e. The van der Waals surface area contributed by atoms with E-state index in [1.165, 1.54) is 25.5 Å². The minimum atomic E-state index is -0.928. The summed E-state index contributed by atoms with van der Waals surface area (Å²) >= 11 is 0. The fourth-order valence-electron chi connectivity index (χ4n) is 3.14. The van der Waals surface area contributed by atoms with Gasteiger partial charge in [0.25, 0.3) is 0 Å². The van der Waals surface area contributed by atoms with E-state index >= 15 is 0 Å². The first-order valence-electron chi connectivity index (χ1n) is 8.51. The Morgan fingerprint density at radius 2 is 1.92 bits per heavy atom. The molecule has 1 aliphatic carbocycles. The van der Waals surface area contributed by atoms with Crippen molar-refractivity contribution in [2.24, 2.45) is 11.8 Å². The molecule has 1 aliphatic rings. The second-order valence-corrected chi connectivity index (χ2v) is 6.68. The van der Waals surface area contributed by atoms with Crippen molar-refractivity contribution in [2.45, 2.75) is 39.5 Å². The quantitative estimate of drug-likeness (QED) is 0.730. The molecule has 2 rings (SSSR count). The number of carbonyl (C=O) groups excluding carboxylic acids is 3. The summed E-state index contributed by atoms with van der Waals surface area (Å²) in [4.78, 5) is 34.9. The summed E-state index contributed by atoms with van der Waals surface area (Å²) in [6.45, 7) is 3.96. The molecule has 0 spiro atoms. The maximum atomic E-state index is 13.8. The SMILES string of the molecule is CC(=O)Nc1ccc(F)c(NC(=O)C(=O)NCC2CCCC(C)C2)c1. The zero-order valence-electron chi connectivity index (χ0n) is 14.5. The summed E-state index contributed by atoms with van der Waals surface area (Å²) in [5.41, 5.74) is 0.179. The van der Waals surface area contributed by atoms with Crippen molar-refractivity contribution < 1.29 is 18.8 Å². The molecule has 7 heteroatoms. The summed E-state index contributed by atoms with van der Waals surface area (Å²) in [6, 6.07) is 3.75. The van der Waals surface area contributed by atoms with E-state index in [0.29, 0.717) is 24.1 Å². The number of hydrogen-bond acceptors (Lipinski definition) is 3. The summed E-state index contributed by atoms with van der Waals surface area (Å²) in [5, 5.41) is 7.35. The topological polar surface area (TPSA) is 87.3 Å². The van der Waals surface area contributed by atoms with Crippen molar-refractivity contribution in [3.8, 4) is 0 Å². The lowest BCUT2D eigenvalue weighted by Gasteiger charge is -2.26. The van der Waals surface area contributed by atoms with Crippen LogP contribution in [0.3, 0.4) is 0 Å². The van der Waals surface area contributed by atoms with Crippen LogP contribution in [-0.4, -0.2) is 24.3 Å². The van der Waals surface area contributed by atoms with E-state index in [1.54, 1.807) is 0 Å². The molecule has 1 fully saturated rings. The zero-order valence-corrected chi connectivity index (χ0v) is 14.5. The third-order valence-electron chi connectivity index (χ3n) is 4.34. The van der Waals surface area contributed by atoms with Gasteiger partial charge in [-0.1, -0.05) is 19.8 Å². The van der Waals surface area contributed by atoms with Crippen molar-refractivity contribution in [1.82, 2.24) is 5.32 Å². The first-order chi connectivity index (χ1) is 11.8. The number of halogens is 1.